The van der Waals surface area contributed by atoms with Gasteiger partial charge in [-0.3, -0.25) is 0 Å². The molecule has 0 aromatic carbocycles. The van der Waals surface area contributed by atoms with Crippen LogP contribution in [0.4, 0.5) is 0 Å². The third-order valence-electron chi connectivity index (χ3n) is 0.671. The minimum absolute atomic E-state index is 0. The smallest absolute Gasteiger partial charge is 1.00 e. The fourth-order valence-electron chi connectivity index (χ4n) is 1.01. The molecule has 0 unspecified atom stereocenters. The van der Waals surface area contributed by atoms with Gasteiger partial charge >= 0.3 is 26.2 Å². The SMILES string of the molecule is C[Si](C)(C)[N-][Si](C)(C)C.[Cl-].[Cl-].[Cl-].[Zr+4]. The summed E-state index contributed by atoms with van der Waals surface area (Å²) in [4.78, 5) is 0. The van der Waals surface area contributed by atoms with Crippen molar-refractivity contribution in [3.63, 3.8) is 0 Å². The Hall–Kier alpha value is 2.15. The quantitative estimate of drug-likeness (QED) is 0.437. The third-order valence-corrected chi connectivity index (χ3v) is 6.04. The zero-order chi connectivity index (χ0) is 7.71. The second-order valence-electron chi connectivity index (χ2n) is 4.45. The van der Waals surface area contributed by atoms with E-state index < -0.39 is 16.5 Å². The van der Waals surface area contributed by atoms with E-state index in [2.05, 4.69) is 39.3 Å². The third kappa shape index (κ3) is 31.4. The number of hydrogen-bond acceptors (Lipinski definition) is 0. The number of nitrogens with zero attached hydrogens (tertiary/aromatic N) is 1. The molecule has 0 rings (SSSR count). The van der Waals surface area contributed by atoms with Crippen LogP contribution < -0.4 is 37.2 Å². The van der Waals surface area contributed by atoms with E-state index in [0.717, 1.165) is 0 Å². The molecule has 0 atom stereocenters. The van der Waals surface area contributed by atoms with Gasteiger partial charge in [0.25, 0.3) is 0 Å². The van der Waals surface area contributed by atoms with Gasteiger partial charge in [0.2, 0.25) is 0 Å². The summed E-state index contributed by atoms with van der Waals surface area (Å²) in [6.45, 7) is 13.8. The summed E-state index contributed by atoms with van der Waals surface area (Å²) in [6.07, 6.45) is 0. The molecule has 7 heteroatoms. The minimum atomic E-state index is -1.11. The maximum absolute atomic E-state index is 4.82. The van der Waals surface area contributed by atoms with E-state index in [1.165, 1.54) is 0 Å². The summed E-state index contributed by atoms with van der Waals surface area (Å²) >= 11 is 0. The zero-order valence-electron chi connectivity index (χ0n) is 9.08. The molecule has 0 saturated heterocycles. The van der Waals surface area contributed by atoms with Crippen LogP contribution in [0.25, 0.3) is 4.65 Å². The fourth-order valence-corrected chi connectivity index (χ4v) is 9.06. The van der Waals surface area contributed by atoms with Gasteiger partial charge in [-0.05, 0) is 0 Å². The molecule has 0 aromatic rings. The van der Waals surface area contributed by atoms with E-state index in [0.29, 0.717) is 0 Å². The van der Waals surface area contributed by atoms with Gasteiger partial charge in [-0.2, -0.15) is 0 Å². The van der Waals surface area contributed by atoms with Crippen LogP contribution in [0.3, 0.4) is 0 Å². The predicted octanol–water partition coefficient (Wildman–Crippen LogP) is -5.96. The molecular weight excluding hydrogens is 340 g/mol. The maximum Gasteiger partial charge on any atom is 4.00 e. The van der Waals surface area contributed by atoms with Gasteiger partial charge < -0.3 is 41.9 Å². The second-order valence-corrected chi connectivity index (χ2v) is 14.0. The zero-order valence-corrected chi connectivity index (χ0v) is 15.8. The Morgan fingerprint density at radius 1 is 0.615 bits per heavy atom. The molecule has 0 N–H and O–H groups in total. The van der Waals surface area contributed by atoms with Crippen LogP contribution >= 0.6 is 0 Å². The van der Waals surface area contributed by atoms with Gasteiger partial charge in [-0.1, -0.05) is 55.8 Å². The van der Waals surface area contributed by atoms with Crippen molar-refractivity contribution in [1.82, 2.24) is 0 Å². The Morgan fingerprint density at radius 3 is 0.769 bits per heavy atom. The Labute approximate surface area is 123 Å². The molecule has 0 aliphatic rings. The van der Waals surface area contributed by atoms with Crippen LogP contribution in [0.5, 0.6) is 0 Å². The van der Waals surface area contributed by atoms with Crippen molar-refractivity contribution in [2.24, 2.45) is 0 Å². The topological polar surface area (TPSA) is 14.1 Å². The minimum Gasteiger partial charge on any atom is -1.00 e. The van der Waals surface area contributed by atoms with Gasteiger partial charge in [0, 0.05) is 0 Å². The molecule has 0 aliphatic heterocycles. The van der Waals surface area contributed by atoms with E-state index in [4.69, 9.17) is 4.65 Å². The Kier molecular flexibility index (Phi) is 24.1. The molecule has 0 fully saturated rings. The van der Waals surface area contributed by atoms with Crippen molar-refractivity contribution < 1.29 is 63.4 Å². The van der Waals surface area contributed by atoms with E-state index >= 15 is 0 Å². The molecule has 1 nitrogen and oxygen atoms in total. The first-order valence-electron chi connectivity index (χ1n) is 3.45. The van der Waals surface area contributed by atoms with E-state index in [9.17, 15) is 0 Å². The number of halogens is 3. The monoisotopic (exact) mass is 355 g/mol. The summed E-state index contributed by atoms with van der Waals surface area (Å²) in [6, 6.07) is 0. The van der Waals surface area contributed by atoms with Gasteiger partial charge in [-0.25, -0.2) is 0 Å². The van der Waals surface area contributed by atoms with E-state index in [-0.39, 0.29) is 63.4 Å². The van der Waals surface area contributed by atoms with Crippen LogP contribution in [0, 0.1) is 0 Å². The first-order chi connectivity index (χ1) is 3.71. The largest absolute Gasteiger partial charge is 4.00 e. The molecular formula is C6H18Cl3NSi2Zr. The molecule has 0 bridgehead atoms. The summed E-state index contributed by atoms with van der Waals surface area (Å²) < 4.78 is 4.82. The first-order valence-corrected chi connectivity index (χ1v) is 10.3. The van der Waals surface area contributed by atoms with E-state index in [1.807, 2.05) is 0 Å². The summed E-state index contributed by atoms with van der Waals surface area (Å²) in [5.41, 5.74) is 0. The summed E-state index contributed by atoms with van der Waals surface area (Å²) in [7, 11) is -2.21. The van der Waals surface area contributed by atoms with Crippen LogP contribution in [0.15, 0.2) is 0 Å². The number of hydrogen-bond donors (Lipinski definition) is 0. The van der Waals surface area contributed by atoms with Crippen molar-refractivity contribution in [1.29, 1.82) is 0 Å². The summed E-state index contributed by atoms with van der Waals surface area (Å²) in [5, 5.41) is 0. The normalized spacial score (nSPS) is 9.69. The van der Waals surface area contributed by atoms with Gasteiger partial charge in [-0.15, -0.1) is 0 Å². The van der Waals surface area contributed by atoms with Gasteiger partial charge in [0.15, 0.2) is 0 Å². The molecule has 0 spiro atoms. The Bertz CT molecular complexity index is 91.0. The Morgan fingerprint density at radius 2 is 0.769 bits per heavy atom. The second kappa shape index (κ2) is 10.7. The van der Waals surface area contributed by atoms with Gasteiger partial charge in [0.05, 0.1) is 0 Å². The van der Waals surface area contributed by atoms with Crippen molar-refractivity contribution in [2.45, 2.75) is 39.3 Å². The number of rotatable bonds is 2. The van der Waals surface area contributed by atoms with Crippen LogP contribution in [0.2, 0.25) is 39.3 Å². The van der Waals surface area contributed by atoms with Crippen LogP contribution in [-0.2, 0) is 26.2 Å². The average Bonchev–Trinajstić information content (AvgIpc) is 1.14. The van der Waals surface area contributed by atoms with Crippen molar-refractivity contribution >= 4 is 16.5 Å². The molecule has 0 heterocycles. The molecule has 0 aromatic heterocycles. The molecule has 0 aliphatic carbocycles. The molecule has 80 valence electrons. The first kappa shape index (κ1) is 29.4. The molecule has 0 radical (unpaired) electrons. The molecule has 0 saturated carbocycles. The Balaban J connectivity index is -0.0000000533. The fraction of sp³-hybridized carbons (Fsp3) is 1.00. The van der Waals surface area contributed by atoms with Crippen LogP contribution in [0.1, 0.15) is 0 Å². The standard InChI is InChI=1S/C6H18NSi2.3ClH.Zr/c1-8(2,3)7-9(4,5)6;;;;/h1-6H3;3*1H;/q-1;;;;+4/p-3. The van der Waals surface area contributed by atoms with Crippen molar-refractivity contribution in [3.05, 3.63) is 4.65 Å². The molecule has 13 heavy (non-hydrogen) atoms. The summed E-state index contributed by atoms with van der Waals surface area (Å²) in [5.74, 6) is 0. The maximum atomic E-state index is 4.82. The van der Waals surface area contributed by atoms with Crippen LogP contribution in [-0.4, -0.2) is 16.5 Å². The predicted molar refractivity (Wildman–Crippen MR) is 50.1 cm³/mol. The van der Waals surface area contributed by atoms with Crippen molar-refractivity contribution in [2.75, 3.05) is 0 Å². The van der Waals surface area contributed by atoms with Crippen molar-refractivity contribution in [3.8, 4) is 0 Å². The molecule has 0 amide bonds. The average molecular weight is 358 g/mol. The van der Waals surface area contributed by atoms with Gasteiger partial charge in [0.1, 0.15) is 0 Å². The van der Waals surface area contributed by atoms with E-state index in [1.54, 1.807) is 0 Å².